The quantitative estimate of drug-likeness (QED) is 0.460. The number of aliphatic carboxylic acids is 3. The number of hydrogen-bond donors (Lipinski definition) is 2. The van der Waals surface area contributed by atoms with Gasteiger partial charge in [0.25, 0.3) is 0 Å². The molecule has 0 aromatic carbocycles. The topological polar surface area (TPSA) is 239 Å². The fourth-order valence-electron chi connectivity index (χ4n) is 0.684. The molecule has 19 heavy (non-hydrogen) atoms. The first-order valence-corrected chi connectivity index (χ1v) is 3.11. The van der Waals surface area contributed by atoms with Crippen LogP contribution in [0, 0.1) is 0 Å². The van der Waals surface area contributed by atoms with E-state index in [-0.39, 0.29) is 106 Å². The predicted molar refractivity (Wildman–Crippen MR) is 41.5 cm³/mol. The standard InChI is InChI=1S/C6H8O7.H3N.3Na.2H2O/c7-3(8)1-6(13,5(11)12)2-4(9)10;;;;;;/h13H,1-2H2,(H,7,8)(H,9,10)(H,11,12);1H3;;;;2*1H2/q;;3*+1;;/p-3. The van der Waals surface area contributed by atoms with Crippen molar-refractivity contribution in [2.24, 2.45) is 0 Å². The molecule has 8 N–H and O–H groups in total. The molecular weight excluding hydrogens is 299 g/mol. The normalized spacial score (nSPS) is 7.42. The molecule has 0 saturated heterocycles. The van der Waals surface area contributed by atoms with Gasteiger partial charge in [-0.15, -0.1) is 0 Å². The number of carbonyl (C=O) groups is 3. The van der Waals surface area contributed by atoms with Crippen LogP contribution in [0.4, 0.5) is 0 Å². The van der Waals surface area contributed by atoms with Crippen LogP contribution >= 0.6 is 0 Å². The zero-order valence-corrected chi connectivity index (χ0v) is 17.0. The summed E-state index contributed by atoms with van der Waals surface area (Å²) in [4.78, 5) is 30.0. The molecule has 0 amide bonds. The summed E-state index contributed by atoms with van der Waals surface area (Å²) in [6.07, 6.45) is -2.72. The largest absolute Gasteiger partial charge is 1.00 e. The molecule has 0 heterocycles. The summed E-state index contributed by atoms with van der Waals surface area (Å²) in [6.45, 7) is 0. The molecule has 0 aliphatic rings. The summed E-state index contributed by atoms with van der Waals surface area (Å²) < 4.78 is 0. The molecule has 0 aliphatic carbocycles. The van der Waals surface area contributed by atoms with Crippen LogP contribution in [0.3, 0.4) is 0 Å². The van der Waals surface area contributed by atoms with E-state index in [2.05, 4.69) is 0 Å². The van der Waals surface area contributed by atoms with Gasteiger partial charge in [-0.05, 0) is 0 Å². The molecule has 0 unspecified atom stereocenters. The molecule has 98 valence electrons. The molecule has 0 saturated carbocycles. The minimum Gasteiger partial charge on any atom is -0.550 e. The van der Waals surface area contributed by atoms with E-state index in [4.69, 9.17) is 5.11 Å². The summed E-state index contributed by atoms with van der Waals surface area (Å²) in [6, 6.07) is 0. The van der Waals surface area contributed by atoms with E-state index in [9.17, 15) is 29.7 Å². The summed E-state index contributed by atoms with van der Waals surface area (Å²) in [5.41, 5.74) is -2.97. The summed E-state index contributed by atoms with van der Waals surface area (Å²) >= 11 is 0. The number of aliphatic hydroxyl groups is 1. The van der Waals surface area contributed by atoms with Crippen molar-refractivity contribution in [3.8, 4) is 0 Å². The predicted octanol–water partition coefficient (Wildman–Crippen LogP) is -15.7. The third kappa shape index (κ3) is 19.2. The molecule has 0 aromatic heterocycles. The molecule has 0 spiro atoms. The molecule has 0 rings (SSSR count). The van der Waals surface area contributed by atoms with E-state index < -0.39 is 36.4 Å². The van der Waals surface area contributed by atoms with Crippen LogP contribution in [-0.2, 0) is 14.4 Å². The fraction of sp³-hybridized carbons (Fsp3) is 0.500. The zero-order chi connectivity index (χ0) is 10.6. The zero-order valence-electron chi connectivity index (χ0n) is 11.0. The Morgan fingerprint density at radius 3 is 1.16 bits per heavy atom. The SMILES string of the molecule is N.O.O.O=C([O-])CC(O)(CC(=O)[O-])C(=O)[O-].[Na+].[Na+].[Na+]. The van der Waals surface area contributed by atoms with Gasteiger partial charge in [0.1, 0.15) is 5.60 Å². The van der Waals surface area contributed by atoms with Gasteiger partial charge >= 0.3 is 88.7 Å². The van der Waals surface area contributed by atoms with Gasteiger partial charge in [0, 0.05) is 24.8 Å². The third-order valence-electron chi connectivity index (χ3n) is 1.25. The van der Waals surface area contributed by atoms with E-state index in [1.807, 2.05) is 0 Å². The summed E-state index contributed by atoms with van der Waals surface area (Å²) in [5, 5.41) is 38.9. The minimum atomic E-state index is -2.97. The van der Waals surface area contributed by atoms with Crippen LogP contribution in [0.1, 0.15) is 12.8 Å². The van der Waals surface area contributed by atoms with E-state index >= 15 is 0 Å². The van der Waals surface area contributed by atoms with Gasteiger partial charge in [-0.2, -0.15) is 0 Å². The van der Waals surface area contributed by atoms with Crippen molar-refractivity contribution in [1.29, 1.82) is 0 Å². The first kappa shape index (κ1) is 42.7. The molecule has 10 nitrogen and oxygen atoms in total. The van der Waals surface area contributed by atoms with E-state index in [1.54, 1.807) is 0 Å². The van der Waals surface area contributed by atoms with Gasteiger partial charge < -0.3 is 51.9 Å². The van der Waals surface area contributed by atoms with Crippen LogP contribution in [0.15, 0.2) is 0 Å². The molecule has 0 atom stereocenters. The Morgan fingerprint density at radius 1 is 0.842 bits per heavy atom. The van der Waals surface area contributed by atoms with Gasteiger partial charge in [0.15, 0.2) is 0 Å². The molecule has 13 heteroatoms. The van der Waals surface area contributed by atoms with Gasteiger partial charge in [-0.3, -0.25) is 0 Å². The van der Waals surface area contributed by atoms with Gasteiger partial charge in [-0.25, -0.2) is 0 Å². The summed E-state index contributed by atoms with van der Waals surface area (Å²) in [7, 11) is 0. The van der Waals surface area contributed by atoms with Crippen molar-refractivity contribution in [2.45, 2.75) is 18.4 Å². The van der Waals surface area contributed by atoms with Crippen LogP contribution < -0.4 is 110 Å². The Labute approximate surface area is 175 Å². The van der Waals surface area contributed by atoms with E-state index in [0.717, 1.165) is 0 Å². The first-order valence-electron chi connectivity index (χ1n) is 3.11. The van der Waals surface area contributed by atoms with Crippen molar-refractivity contribution >= 4 is 17.9 Å². The van der Waals surface area contributed by atoms with Gasteiger partial charge in [0.2, 0.25) is 0 Å². The van der Waals surface area contributed by atoms with Crippen molar-refractivity contribution in [2.75, 3.05) is 0 Å². The second-order valence-corrected chi connectivity index (χ2v) is 2.42. The molecule has 0 aromatic rings. The van der Waals surface area contributed by atoms with Crippen LogP contribution in [0.5, 0.6) is 0 Å². The molecule has 0 aliphatic heterocycles. The van der Waals surface area contributed by atoms with Crippen molar-refractivity contribution in [1.82, 2.24) is 6.15 Å². The molecule has 0 bridgehead atoms. The second-order valence-electron chi connectivity index (χ2n) is 2.42. The average Bonchev–Trinajstić information content (AvgIpc) is 1.82. The summed E-state index contributed by atoms with van der Waals surface area (Å²) in [5.74, 6) is -5.98. The maximum Gasteiger partial charge on any atom is 1.00 e. The number of carboxylic acids is 3. The average molecular weight is 311 g/mol. The number of rotatable bonds is 5. The fourth-order valence-corrected chi connectivity index (χ4v) is 0.684. The van der Waals surface area contributed by atoms with E-state index in [0.29, 0.717) is 0 Å². The first-order chi connectivity index (χ1) is 5.78. The van der Waals surface area contributed by atoms with Crippen LogP contribution in [0.2, 0.25) is 0 Å². The molecular formula is C6H12NNa3O9. The minimum absolute atomic E-state index is 0. The smallest absolute Gasteiger partial charge is 0.550 e. The van der Waals surface area contributed by atoms with Gasteiger partial charge in [0.05, 0.1) is 5.97 Å². The third-order valence-corrected chi connectivity index (χ3v) is 1.25. The Kier molecular flexibility index (Phi) is 43.3. The monoisotopic (exact) mass is 311 g/mol. The maximum absolute atomic E-state index is 10.1. The van der Waals surface area contributed by atoms with E-state index in [1.165, 1.54) is 0 Å². The van der Waals surface area contributed by atoms with Crippen molar-refractivity contribution < 1.29 is 134 Å². The van der Waals surface area contributed by atoms with Crippen molar-refractivity contribution in [3.63, 3.8) is 0 Å². The van der Waals surface area contributed by atoms with Gasteiger partial charge in [-0.1, -0.05) is 0 Å². The Morgan fingerprint density at radius 2 is 1.05 bits per heavy atom. The number of hydrogen-bond acceptors (Lipinski definition) is 8. The number of carboxylic acid groups (broad SMARTS) is 3. The second kappa shape index (κ2) is 19.2. The maximum atomic E-state index is 10.1. The number of carbonyl (C=O) groups excluding carboxylic acids is 3. The Bertz CT molecular complexity index is 246. The van der Waals surface area contributed by atoms with Crippen LogP contribution in [0.25, 0.3) is 0 Å². The Balaban J connectivity index is -0.0000000480. The Hall–Kier alpha value is 1.25. The molecule has 0 fully saturated rings. The molecule has 0 radical (unpaired) electrons. The van der Waals surface area contributed by atoms with Crippen molar-refractivity contribution in [3.05, 3.63) is 0 Å². The van der Waals surface area contributed by atoms with Crippen LogP contribution in [-0.4, -0.2) is 39.6 Å².